The molecule has 0 N–H and O–H groups in total. The summed E-state index contributed by atoms with van der Waals surface area (Å²) in [6.07, 6.45) is 8.11. The lowest BCUT2D eigenvalue weighted by Gasteiger charge is -2.33. The number of pyridine rings is 2. The summed E-state index contributed by atoms with van der Waals surface area (Å²) in [5.74, 6) is 0.583. The molecular formula is C18H23N3. The van der Waals surface area contributed by atoms with Gasteiger partial charge in [-0.05, 0) is 24.5 Å². The van der Waals surface area contributed by atoms with Gasteiger partial charge in [0.1, 0.15) is 0 Å². The van der Waals surface area contributed by atoms with Gasteiger partial charge in [0.15, 0.2) is 0 Å². The van der Waals surface area contributed by atoms with Crippen LogP contribution in [0.4, 0.5) is 0 Å². The first-order valence-corrected chi connectivity index (χ1v) is 7.82. The molecule has 0 bridgehead atoms. The van der Waals surface area contributed by atoms with Gasteiger partial charge in [-0.15, -0.1) is 0 Å². The van der Waals surface area contributed by atoms with Crippen LogP contribution in [-0.4, -0.2) is 14.4 Å². The molecule has 0 aromatic carbocycles. The van der Waals surface area contributed by atoms with Gasteiger partial charge in [-0.1, -0.05) is 40.2 Å². The maximum absolute atomic E-state index is 4.78. The molecular weight excluding hydrogens is 258 g/mol. The van der Waals surface area contributed by atoms with Crippen LogP contribution in [0.25, 0.3) is 16.4 Å². The maximum atomic E-state index is 4.78. The highest BCUT2D eigenvalue weighted by atomic mass is 15.0. The molecule has 0 aliphatic heterocycles. The molecule has 21 heavy (non-hydrogen) atoms. The summed E-state index contributed by atoms with van der Waals surface area (Å²) in [4.78, 5) is 9.39. The molecule has 0 radical (unpaired) electrons. The Morgan fingerprint density at radius 2 is 2.05 bits per heavy atom. The number of hydrogen-bond acceptors (Lipinski definition) is 2. The molecule has 0 spiro atoms. The highest BCUT2D eigenvalue weighted by molar-refractivity contribution is 5.93. The first-order chi connectivity index (χ1) is 10.1. The highest BCUT2D eigenvalue weighted by Crippen LogP contribution is 2.39. The molecule has 3 heterocycles. The molecule has 3 aromatic heterocycles. The minimum absolute atomic E-state index is 0.0787. The van der Waals surface area contributed by atoms with E-state index in [0.29, 0.717) is 5.92 Å². The fourth-order valence-corrected chi connectivity index (χ4v) is 3.24. The summed E-state index contributed by atoms with van der Waals surface area (Å²) in [7, 11) is 0. The van der Waals surface area contributed by atoms with Gasteiger partial charge >= 0.3 is 0 Å². The quantitative estimate of drug-likeness (QED) is 0.699. The van der Waals surface area contributed by atoms with Crippen molar-refractivity contribution >= 4 is 16.4 Å². The lowest BCUT2D eigenvalue weighted by atomic mass is 9.71. The fourth-order valence-electron chi connectivity index (χ4n) is 3.24. The van der Waals surface area contributed by atoms with Crippen LogP contribution in [0.3, 0.4) is 0 Å². The van der Waals surface area contributed by atoms with Gasteiger partial charge in [0.2, 0.25) is 0 Å². The molecule has 3 heteroatoms. The third-order valence-electron chi connectivity index (χ3n) is 5.25. The first-order valence-electron chi connectivity index (χ1n) is 7.82. The number of aromatic nitrogens is 3. The summed E-state index contributed by atoms with van der Waals surface area (Å²) < 4.78 is 2.11. The number of nitrogens with zero attached hydrogens (tertiary/aromatic N) is 3. The van der Waals surface area contributed by atoms with Gasteiger partial charge in [-0.2, -0.15) is 0 Å². The Bertz CT molecular complexity index is 774. The molecule has 0 saturated heterocycles. The van der Waals surface area contributed by atoms with Crippen LogP contribution >= 0.6 is 0 Å². The second-order valence-corrected chi connectivity index (χ2v) is 6.19. The number of fused-ring (bicyclic) bond motifs is 3. The van der Waals surface area contributed by atoms with Gasteiger partial charge in [-0.25, -0.2) is 4.98 Å². The second kappa shape index (κ2) is 5.14. The molecule has 0 fully saturated rings. The van der Waals surface area contributed by atoms with Crippen LogP contribution in [0, 0.1) is 5.92 Å². The van der Waals surface area contributed by atoms with Crippen LogP contribution in [0.2, 0.25) is 0 Å². The Kier molecular flexibility index (Phi) is 3.44. The van der Waals surface area contributed by atoms with E-state index in [2.05, 4.69) is 55.4 Å². The van der Waals surface area contributed by atoms with E-state index in [0.717, 1.165) is 23.9 Å². The summed E-state index contributed by atoms with van der Waals surface area (Å²) >= 11 is 0. The van der Waals surface area contributed by atoms with E-state index in [1.165, 1.54) is 11.1 Å². The number of hydrogen-bond donors (Lipinski definition) is 0. The molecule has 3 rings (SSSR count). The maximum Gasteiger partial charge on any atom is 0.0996 e. The molecule has 0 saturated carbocycles. The van der Waals surface area contributed by atoms with Crippen molar-refractivity contribution in [3.05, 3.63) is 42.6 Å². The van der Waals surface area contributed by atoms with Gasteiger partial charge < -0.3 is 4.40 Å². The third-order valence-corrected chi connectivity index (χ3v) is 5.25. The molecule has 3 aromatic rings. The Morgan fingerprint density at radius 3 is 2.76 bits per heavy atom. The van der Waals surface area contributed by atoms with Crippen LogP contribution in [-0.2, 0) is 5.41 Å². The third kappa shape index (κ3) is 2.03. The van der Waals surface area contributed by atoms with Crippen molar-refractivity contribution < 1.29 is 0 Å². The Labute approximate surface area is 126 Å². The smallest absolute Gasteiger partial charge is 0.0996 e. The van der Waals surface area contributed by atoms with E-state index in [-0.39, 0.29) is 5.41 Å². The van der Waals surface area contributed by atoms with Gasteiger partial charge in [0.05, 0.1) is 23.1 Å². The number of rotatable bonds is 4. The van der Waals surface area contributed by atoms with Crippen molar-refractivity contribution in [1.82, 2.24) is 14.4 Å². The van der Waals surface area contributed by atoms with Crippen molar-refractivity contribution in [3.8, 4) is 0 Å². The lowest BCUT2D eigenvalue weighted by molar-refractivity contribution is 0.291. The predicted octanol–water partition coefficient (Wildman–Crippen LogP) is 4.60. The van der Waals surface area contributed by atoms with Crippen molar-refractivity contribution in [1.29, 1.82) is 0 Å². The van der Waals surface area contributed by atoms with E-state index in [1.807, 2.05) is 18.6 Å². The van der Waals surface area contributed by atoms with E-state index in [1.54, 1.807) is 0 Å². The van der Waals surface area contributed by atoms with Crippen molar-refractivity contribution in [2.75, 3.05) is 0 Å². The minimum Gasteiger partial charge on any atom is -0.304 e. The molecule has 0 amide bonds. The van der Waals surface area contributed by atoms with E-state index in [4.69, 9.17) is 4.98 Å². The Balaban J connectivity index is 2.35. The van der Waals surface area contributed by atoms with Gasteiger partial charge in [0, 0.05) is 23.2 Å². The summed E-state index contributed by atoms with van der Waals surface area (Å²) in [6.45, 7) is 9.18. The van der Waals surface area contributed by atoms with Gasteiger partial charge in [-0.3, -0.25) is 4.98 Å². The van der Waals surface area contributed by atoms with Crippen LogP contribution in [0.1, 0.15) is 46.2 Å². The fraction of sp³-hybridized carbons (Fsp3) is 0.444. The number of imidazole rings is 1. The predicted molar refractivity (Wildman–Crippen MR) is 87.6 cm³/mol. The normalized spacial score (nSPS) is 16.2. The molecule has 2 atom stereocenters. The van der Waals surface area contributed by atoms with E-state index < -0.39 is 0 Å². The molecule has 110 valence electrons. The standard InChI is InChI=1S/C18H23N3/c1-5-13(3)18(4,6-2)17-16-15-14(8-7-10-19-15)9-11-21(16)12-20-17/h7-13H,5-6H2,1-4H3. The first kappa shape index (κ1) is 14.1. The Hall–Kier alpha value is -1.90. The summed E-state index contributed by atoms with van der Waals surface area (Å²) in [5, 5.41) is 1.18. The highest BCUT2D eigenvalue weighted by Gasteiger charge is 2.34. The van der Waals surface area contributed by atoms with Crippen LogP contribution in [0.15, 0.2) is 36.9 Å². The molecule has 0 aliphatic carbocycles. The zero-order valence-corrected chi connectivity index (χ0v) is 13.3. The molecule has 3 nitrogen and oxygen atoms in total. The van der Waals surface area contributed by atoms with Crippen molar-refractivity contribution in [2.24, 2.45) is 5.92 Å². The minimum atomic E-state index is 0.0787. The van der Waals surface area contributed by atoms with Gasteiger partial charge in [0.25, 0.3) is 0 Å². The summed E-state index contributed by atoms with van der Waals surface area (Å²) in [5.41, 5.74) is 3.48. The van der Waals surface area contributed by atoms with E-state index >= 15 is 0 Å². The molecule has 2 unspecified atom stereocenters. The SMILES string of the molecule is CCC(C)C(C)(CC)c1ncn2ccc3cccnc3c12. The molecule has 0 aliphatic rings. The largest absolute Gasteiger partial charge is 0.304 e. The lowest BCUT2D eigenvalue weighted by Crippen LogP contribution is -2.30. The average molecular weight is 281 g/mol. The summed E-state index contributed by atoms with van der Waals surface area (Å²) in [6, 6.07) is 6.21. The Morgan fingerprint density at radius 1 is 1.24 bits per heavy atom. The monoisotopic (exact) mass is 281 g/mol. The zero-order chi connectivity index (χ0) is 15.0. The second-order valence-electron chi connectivity index (χ2n) is 6.19. The van der Waals surface area contributed by atoms with Crippen LogP contribution in [0.5, 0.6) is 0 Å². The average Bonchev–Trinajstić information content (AvgIpc) is 2.98. The van der Waals surface area contributed by atoms with E-state index in [9.17, 15) is 0 Å². The van der Waals surface area contributed by atoms with Crippen LogP contribution < -0.4 is 0 Å². The topological polar surface area (TPSA) is 30.2 Å². The van der Waals surface area contributed by atoms with Crippen molar-refractivity contribution in [2.45, 2.75) is 46.0 Å². The zero-order valence-electron chi connectivity index (χ0n) is 13.3. The van der Waals surface area contributed by atoms with Crippen molar-refractivity contribution in [3.63, 3.8) is 0 Å².